The molecule has 0 spiro atoms. The molecule has 0 aromatic heterocycles. The molecule has 0 aliphatic rings. The van der Waals surface area contributed by atoms with E-state index >= 15 is 0 Å². The Bertz CT molecular complexity index is 393. The maximum absolute atomic E-state index is 11.6. The Balaban J connectivity index is 4.04. The van der Waals surface area contributed by atoms with Crippen molar-refractivity contribution in [2.24, 2.45) is 5.73 Å². The van der Waals surface area contributed by atoms with Crippen LogP contribution in [0.15, 0.2) is 0 Å². The third-order valence-electron chi connectivity index (χ3n) is 2.96. The van der Waals surface area contributed by atoms with Crippen LogP contribution in [-0.2, 0) is 32.7 Å². The van der Waals surface area contributed by atoms with Gasteiger partial charge in [-0.25, -0.2) is 4.57 Å². The van der Waals surface area contributed by atoms with Crippen LogP contribution in [0.3, 0.4) is 0 Å². The molecule has 2 atom stereocenters. The molecule has 0 bridgehead atoms. The molecule has 24 heavy (non-hydrogen) atoms. The molecule has 0 aromatic rings. The summed E-state index contributed by atoms with van der Waals surface area (Å²) in [7, 11) is -4.28. The predicted octanol–water partition coefficient (Wildman–Crippen LogP) is 1.52. The average molecular weight is 369 g/mol. The van der Waals surface area contributed by atoms with Crippen molar-refractivity contribution in [1.82, 2.24) is 0 Å². The van der Waals surface area contributed by atoms with Gasteiger partial charge in [-0.2, -0.15) is 0 Å². The van der Waals surface area contributed by atoms with E-state index in [1.165, 1.54) is 0 Å². The van der Waals surface area contributed by atoms with E-state index in [-0.39, 0.29) is 32.7 Å². The van der Waals surface area contributed by atoms with Gasteiger partial charge in [0.2, 0.25) is 0 Å². The van der Waals surface area contributed by atoms with Crippen LogP contribution in [0.5, 0.6) is 0 Å². The molecule has 0 aliphatic heterocycles. The van der Waals surface area contributed by atoms with Gasteiger partial charge in [-0.15, -0.1) is 0 Å². The summed E-state index contributed by atoms with van der Waals surface area (Å²) in [5.74, 6) is -0.419. The number of ether oxygens (including phenoxy) is 2. The molecule has 3 N–H and O–H groups in total. The smallest absolute Gasteiger partial charge is 0.462 e. The van der Waals surface area contributed by atoms with E-state index in [1.807, 2.05) is 0 Å². The molecular weight excluding hydrogens is 341 g/mol. The van der Waals surface area contributed by atoms with Crippen molar-refractivity contribution in [1.29, 1.82) is 0 Å². The monoisotopic (exact) mass is 369 g/mol. The second-order valence-electron chi connectivity index (χ2n) is 5.09. The topological polar surface area (TPSA) is 134 Å². The molecule has 0 saturated heterocycles. The Labute approximate surface area is 142 Å². The number of esters is 1. The maximum Gasteiger partial charge on any atom is 0.472 e. The Morgan fingerprint density at radius 2 is 1.92 bits per heavy atom. The van der Waals surface area contributed by atoms with Gasteiger partial charge in [0.25, 0.3) is 6.47 Å². The molecule has 0 rings (SSSR count). The van der Waals surface area contributed by atoms with E-state index in [9.17, 15) is 19.0 Å². The van der Waals surface area contributed by atoms with Gasteiger partial charge in [0.15, 0.2) is 6.10 Å². The summed E-state index contributed by atoms with van der Waals surface area (Å²) in [5.41, 5.74) is 5.15. The summed E-state index contributed by atoms with van der Waals surface area (Å²) in [4.78, 5) is 31.3. The largest absolute Gasteiger partial charge is 0.472 e. The first-order chi connectivity index (χ1) is 11.4. The zero-order chi connectivity index (χ0) is 18.3. The van der Waals surface area contributed by atoms with Crippen LogP contribution in [-0.4, -0.2) is 49.8 Å². The van der Waals surface area contributed by atoms with Crippen molar-refractivity contribution < 1.29 is 37.6 Å². The first-order valence-corrected chi connectivity index (χ1v) is 9.51. The van der Waals surface area contributed by atoms with Gasteiger partial charge in [0.05, 0.1) is 13.2 Å². The normalized spacial score (nSPS) is 14.6. The molecular formula is C14H28NO8P. The molecule has 0 aliphatic carbocycles. The van der Waals surface area contributed by atoms with E-state index in [2.05, 4.69) is 20.7 Å². The van der Waals surface area contributed by atoms with E-state index < -0.39 is 26.5 Å². The second-order valence-corrected chi connectivity index (χ2v) is 6.54. The number of unbranched alkanes of at least 4 members (excludes halogenated alkanes) is 4. The molecule has 0 aromatic carbocycles. The summed E-state index contributed by atoms with van der Waals surface area (Å²) in [5, 5.41) is 0. The van der Waals surface area contributed by atoms with Crippen molar-refractivity contribution >= 4 is 20.3 Å². The number of carbonyl (C=O) groups is 2. The number of hydrogen-bond acceptors (Lipinski definition) is 8. The third kappa shape index (κ3) is 13.4. The molecule has 0 heterocycles. The van der Waals surface area contributed by atoms with E-state index in [1.54, 1.807) is 0 Å². The maximum atomic E-state index is 11.6. The molecule has 0 amide bonds. The predicted molar refractivity (Wildman–Crippen MR) is 86.1 cm³/mol. The van der Waals surface area contributed by atoms with Crippen LogP contribution in [0.1, 0.15) is 45.4 Å². The quantitative estimate of drug-likeness (QED) is 0.180. The van der Waals surface area contributed by atoms with E-state index in [0.717, 1.165) is 32.1 Å². The first-order valence-electron chi connectivity index (χ1n) is 8.01. The average Bonchev–Trinajstić information content (AvgIpc) is 2.55. The van der Waals surface area contributed by atoms with Crippen LogP contribution in [0.25, 0.3) is 0 Å². The minimum atomic E-state index is -4.28. The van der Waals surface area contributed by atoms with Crippen LogP contribution in [0.2, 0.25) is 0 Å². The van der Waals surface area contributed by atoms with E-state index in [0.29, 0.717) is 0 Å². The molecule has 9 nitrogen and oxygen atoms in total. The highest BCUT2D eigenvalue weighted by Crippen LogP contribution is 2.42. The van der Waals surface area contributed by atoms with Crippen molar-refractivity contribution in [3.05, 3.63) is 0 Å². The van der Waals surface area contributed by atoms with Gasteiger partial charge in [0, 0.05) is 13.0 Å². The van der Waals surface area contributed by atoms with Crippen molar-refractivity contribution in [2.45, 2.75) is 51.6 Å². The molecule has 10 heteroatoms. The lowest BCUT2D eigenvalue weighted by Gasteiger charge is -2.17. The van der Waals surface area contributed by atoms with Gasteiger partial charge in [-0.05, 0) is 6.42 Å². The zero-order valence-electron chi connectivity index (χ0n) is 14.1. The summed E-state index contributed by atoms with van der Waals surface area (Å²) < 4.78 is 30.3. The molecule has 142 valence electrons. The highest BCUT2D eigenvalue weighted by atomic mass is 31.2. The summed E-state index contributed by atoms with van der Waals surface area (Å²) in [6.07, 6.45) is 4.29. The number of nitrogens with two attached hydrogens (primary N) is 1. The zero-order valence-corrected chi connectivity index (χ0v) is 14.9. The van der Waals surface area contributed by atoms with Crippen LogP contribution in [0.4, 0.5) is 0 Å². The SMILES string of the molecule is CCCCCCCC(=O)OC[C@H](COP(=O)(O)OCCN)OC=O. The number of phosphoric ester groups is 1. The standard InChI is InChI=1S/C14H28NO8P/c1-2-3-4-5-6-7-14(17)20-10-13(21-12-16)11-23-24(18,19)22-9-8-15/h12-13H,2-11,15H2,1H3,(H,18,19)/t13-/m1/s1. The van der Waals surface area contributed by atoms with Crippen molar-refractivity contribution in [2.75, 3.05) is 26.4 Å². The number of hydrogen-bond donors (Lipinski definition) is 2. The molecule has 1 unspecified atom stereocenters. The van der Waals surface area contributed by atoms with Gasteiger partial charge in [0.1, 0.15) is 6.61 Å². The van der Waals surface area contributed by atoms with Crippen molar-refractivity contribution in [3.8, 4) is 0 Å². The second kappa shape index (κ2) is 14.4. The van der Waals surface area contributed by atoms with Gasteiger partial charge in [-0.3, -0.25) is 18.6 Å². The Morgan fingerprint density at radius 1 is 1.21 bits per heavy atom. The minimum Gasteiger partial charge on any atom is -0.462 e. The van der Waals surface area contributed by atoms with Gasteiger partial charge < -0.3 is 20.1 Å². The minimum absolute atomic E-state index is 0.0536. The third-order valence-corrected chi connectivity index (χ3v) is 3.94. The number of phosphoric acid groups is 1. The van der Waals surface area contributed by atoms with Crippen LogP contribution in [0, 0.1) is 0 Å². The lowest BCUT2D eigenvalue weighted by atomic mass is 10.1. The lowest BCUT2D eigenvalue weighted by Crippen LogP contribution is -2.26. The first kappa shape index (κ1) is 23.0. The summed E-state index contributed by atoms with van der Waals surface area (Å²) in [6.45, 7) is 1.45. The fraction of sp³-hybridized carbons (Fsp3) is 0.857. The Kier molecular flexibility index (Phi) is 13.8. The summed E-state index contributed by atoms with van der Waals surface area (Å²) >= 11 is 0. The van der Waals surface area contributed by atoms with Gasteiger partial charge in [-0.1, -0.05) is 32.6 Å². The van der Waals surface area contributed by atoms with E-state index in [4.69, 9.17) is 10.5 Å². The molecule has 0 radical (unpaired) electrons. The Morgan fingerprint density at radius 3 is 2.54 bits per heavy atom. The summed E-state index contributed by atoms with van der Waals surface area (Å²) in [6, 6.07) is 0. The molecule has 0 saturated carbocycles. The fourth-order valence-electron chi connectivity index (χ4n) is 1.72. The Hall–Kier alpha value is -0.990. The van der Waals surface area contributed by atoms with Gasteiger partial charge >= 0.3 is 13.8 Å². The highest BCUT2D eigenvalue weighted by Gasteiger charge is 2.24. The van der Waals surface area contributed by atoms with Crippen LogP contribution >= 0.6 is 7.82 Å². The van der Waals surface area contributed by atoms with Crippen LogP contribution < -0.4 is 5.73 Å². The fourth-order valence-corrected chi connectivity index (χ4v) is 2.48. The highest BCUT2D eigenvalue weighted by molar-refractivity contribution is 7.47. The van der Waals surface area contributed by atoms with Crippen molar-refractivity contribution in [3.63, 3.8) is 0 Å². The molecule has 0 fully saturated rings. The lowest BCUT2D eigenvalue weighted by molar-refractivity contribution is -0.153. The number of rotatable bonds is 16. The number of carbonyl (C=O) groups excluding carboxylic acids is 2.